The molecule has 6 nitrogen and oxygen atoms in total. The number of likely N-dealkylation sites (tertiary alicyclic amines) is 1. The van der Waals surface area contributed by atoms with Crippen LogP contribution in [0.2, 0.25) is 0 Å². The topological polar surface area (TPSA) is 78.1 Å². The van der Waals surface area contributed by atoms with Crippen LogP contribution in [0.15, 0.2) is 35.5 Å². The molecule has 2 heterocycles. The predicted octanol–water partition coefficient (Wildman–Crippen LogP) is 2.69. The number of nitrogens with one attached hydrogen (secondary N) is 2. The minimum absolute atomic E-state index is 0.0719. The van der Waals surface area contributed by atoms with Crippen LogP contribution in [0, 0.1) is 5.92 Å². The van der Waals surface area contributed by atoms with Gasteiger partial charge in [0.2, 0.25) is 11.8 Å². The van der Waals surface area contributed by atoms with E-state index >= 15 is 0 Å². The number of aromatic nitrogens is 2. The van der Waals surface area contributed by atoms with E-state index in [1.165, 1.54) is 6.08 Å². The van der Waals surface area contributed by atoms with Crippen LogP contribution in [-0.4, -0.2) is 40.0 Å². The second-order valence-electron chi connectivity index (χ2n) is 5.61. The molecule has 23 heavy (non-hydrogen) atoms. The van der Waals surface area contributed by atoms with Crippen molar-refractivity contribution in [3.8, 4) is 0 Å². The summed E-state index contributed by atoms with van der Waals surface area (Å²) >= 11 is 3.48. The van der Waals surface area contributed by atoms with Gasteiger partial charge in [0, 0.05) is 28.6 Å². The van der Waals surface area contributed by atoms with Gasteiger partial charge in [0.25, 0.3) is 0 Å². The molecule has 0 spiro atoms. The molecular formula is C16H17BrN4O2. The Morgan fingerprint density at radius 3 is 3.09 bits per heavy atom. The molecule has 0 radical (unpaired) electrons. The maximum atomic E-state index is 12.5. The van der Waals surface area contributed by atoms with Crippen LogP contribution >= 0.6 is 15.9 Å². The highest BCUT2D eigenvalue weighted by atomic mass is 79.9. The van der Waals surface area contributed by atoms with Gasteiger partial charge in [-0.3, -0.25) is 14.7 Å². The first kappa shape index (κ1) is 15.7. The molecule has 2 aromatic rings. The summed E-state index contributed by atoms with van der Waals surface area (Å²) < 4.78 is 0.867. The number of rotatable bonds is 3. The number of nitrogens with zero attached hydrogens (tertiary/aromatic N) is 2. The minimum atomic E-state index is -0.205. The molecule has 1 aromatic heterocycles. The number of halogens is 1. The van der Waals surface area contributed by atoms with Crippen molar-refractivity contribution in [1.29, 1.82) is 0 Å². The third kappa shape index (κ3) is 3.29. The van der Waals surface area contributed by atoms with Gasteiger partial charge in [-0.2, -0.15) is 5.10 Å². The molecule has 3 rings (SSSR count). The molecule has 0 bridgehead atoms. The van der Waals surface area contributed by atoms with Gasteiger partial charge in [-0.15, -0.1) is 0 Å². The predicted molar refractivity (Wildman–Crippen MR) is 91.9 cm³/mol. The Bertz CT molecular complexity index is 771. The van der Waals surface area contributed by atoms with Crippen molar-refractivity contribution in [2.45, 2.75) is 12.8 Å². The number of H-pyrrole nitrogens is 1. The highest BCUT2D eigenvalue weighted by Crippen LogP contribution is 2.27. The van der Waals surface area contributed by atoms with Gasteiger partial charge in [-0.05, 0) is 47.0 Å². The standard InChI is InChI=1S/C16H17BrN4O2/c1-2-15(22)21-5-3-4-10(9-21)16(23)19-11-6-13(17)12-8-18-20-14(12)7-11/h2,6-8,10H,1,3-5,9H2,(H,18,20)(H,19,23). The molecule has 1 aliphatic rings. The van der Waals surface area contributed by atoms with Crippen molar-refractivity contribution in [1.82, 2.24) is 15.1 Å². The summed E-state index contributed by atoms with van der Waals surface area (Å²) in [5.74, 6) is -0.398. The summed E-state index contributed by atoms with van der Waals surface area (Å²) in [7, 11) is 0. The number of carbonyl (C=O) groups is 2. The Labute approximate surface area is 142 Å². The van der Waals surface area contributed by atoms with Crippen LogP contribution in [0.4, 0.5) is 5.69 Å². The Morgan fingerprint density at radius 1 is 1.48 bits per heavy atom. The van der Waals surface area contributed by atoms with Gasteiger partial charge < -0.3 is 10.2 Å². The molecule has 0 saturated carbocycles. The smallest absolute Gasteiger partial charge is 0.245 e. The van der Waals surface area contributed by atoms with E-state index in [2.05, 4.69) is 38.0 Å². The molecule has 1 unspecified atom stereocenters. The van der Waals surface area contributed by atoms with Crippen molar-refractivity contribution in [3.05, 3.63) is 35.5 Å². The van der Waals surface area contributed by atoms with E-state index in [1.807, 2.05) is 12.1 Å². The summed E-state index contributed by atoms with van der Waals surface area (Å²) in [6.07, 6.45) is 4.62. The van der Waals surface area contributed by atoms with Crippen molar-refractivity contribution >= 4 is 44.3 Å². The lowest BCUT2D eigenvalue weighted by atomic mass is 9.97. The van der Waals surface area contributed by atoms with Crippen molar-refractivity contribution in [2.75, 3.05) is 18.4 Å². The van der Waals surface area contributed by atoms with Gasteiger partial charge in [0.15, 0.2) is 0 Å². The average molecular weight is 377 g/mol. The zero-order chi connectivity index (χ0) is 16.4. The fourth-order valence-electron chi connectivity index (χ4n) is 2.84. The molecular weight excluding hydrogens is 360 g/mol. The maximum absolute atomic E-state index is 12.5. The summed E-state index contributed by atoms with van der Waals surface area (Å²) in [6, 6.07) is 3.70. The van der Waals surface area contributed by atoms with Crippen molar-refractivity contribution in [2.24, 2.45) is 5.92 Å². The number of aromatic amines is 1. The zero-order valence-corrected chi connectivity index (χ0v) is 14.1. The molecule has 0 aliphatic carbocycles. The van der Waals surface area contributed by atoms with E-state index in [4.69, 9.17) is 0 Å². The lowest BCUT2D eigenvalue weighted by Gasteiger charge is -2.31. The van der Waals surface area contributed by atoms with E-state index in [-0.39, 0.29) is 17.7 Å². The van der Waals surface area contributed by atoms with Gasteiger partial charge in [-0.25, -0.2) is 0 Å². The molecule has 1 saturated heterocycles. The number of hydrogen-bond donors (Lipinski definition) is 2. The maximum Gasteiger partial charge on any atom is 0.245 e. The minimum Gasteiger partial charge on any atom is -0.338 e. The highest BCUT2D eigenvalue weighted by molar-refractivity contribution is 9.10. The summed E-state index contributed by atoms with van der Waals surface area (Å²) in [4.78, 5) is 25.9. The Kier molecular flexibility index (Phi) is 4.47. The number of anilines is 1. The van der Waals surface area contributed by atoms with Crippen molar-refractivity contribution < 1.29 is 9.59 Å². The monoisotopic (exact) mass is 376 g/mol. The largest absolute Gasteiger partial charge is 0.338 e. The van der Waals surface area contributed by atoms with E-state index in [0.29, 0.717) is 18.8 Å². The molecule has 120 valence electrons. The summed E-state index contributed by atoms with van der Waals surface area (Å²) in [5.41, 5.74) is 1.55. The number of fused-ring (bicyclic) bond motifs is 1. The number of piperidine rings is 1. The quantitative estimate of drug-likeness (QED) is 0.808. The molecule has 7 heteroatoms. The van der Waals surface area contributed by atoms with Crippen LogP contribution in [0.3, 0.4) is 0 Å². The van der Waals surface area contributed by atoms with E-state index in [1.54, 1.807) is 11.1 Å². The second kappa shape index (κ2) is 6.54. The lowest BCUT2D eigenvalue weighted by molar-refractivity contribution is -0.130. The lowest BCUT2D eigenvalue weighted by Crippen LogP contribution is -2.43. The third-order valence-corrected chi connectivity index (χ3v) is 4.71. The molecule has 1 fully saturated rings. The van der Waals surface area contributed by atoms with E-state index in [9.17, 15) is 9.59 Å². The van der Waals surface area contributed by atoms with E-state index in [0.717, 1.165) is 28.2 Å². The first-order valence-corrected chi connectivity index (χ1v) is 8.22. The van der Waals surface area contributed by atoms with Crippen LogP contribution < -0.4 is 5.32 Å². The number of benzene rings is 1. The van der Waals surface area contributed by atoms with Gasteiger partial charge in [0.1, 0.15) is 0 Å². The van der Waals surface area contributed by atoms with Gasteiger partial charge in [0.05, 0.1) is 17.6 Å². The molecule has 2 N–H and O–H groups in total. The average Bonchev–Trinajstić information content (AvgIpc) is 3.03. The SMILES string of the molecule is C=CC(=O)N1CCCC(C(=O)Nc2cc(Br)c3cn[nH]c3c2)C1. The number of hydrogen-bond acceptors (Lipinski definition) is 3. The second-order valence-corrected chi connectivity index (χ2v) is 6.46. The normalized spacial score (nSPS) is 18.0. The first-order valence-electron chi connectivity index (χ1n) is 7.43. The van der Waals surface area contributed by atoms with Gasteiger partial charge in [-0.1, -0.05) is 6.58 Å². The zero-order valence-electron chi connectivity index (χ0n) is 12.5. The van der Waals surface area contributed by atoms with E-state index < -0.39 is 0 Å². The Morgan fingerprint density at radius 2 is 2.30 bits per heavy atom. The van der Waals surface area contributed by atoms with Crippen LogP contribution in [-0.2, 0) is 9.59 Å². The first-order chi connectivity index (χ1) is 11.1. The Hall–Kier alpha value is -2.15. The number of amides is 2. The third-order valence-electron chi connectivity index (χ3n) is 4.05. The fourth-order valence-corrected chi connectivity index (χ4v) is 3.41. The molecule has 1 atom stereocenters. The number of carbonyl (C=O) groups excluding carboxylic acids is 2. The summed E-state index contributed by atoms with van der Waals surface area (Å²) in [6.45, 7) is 4.62. The molecule has 1 aliphatic heterocycles. The fraction of sp³-hybridized carbons (Fsp3) is 0.312. The van der Waals surface area contributed by atoms with Crippen LogP contribution in [0.25, 0.3) is 10.9 Å². The molecule has 1 aromatic carbocycles. The Balaban J connectivity index is 1.72. The van der Waals surface area contributed by atoms with Crippen molar-refractivity contribution in [3.63, 3.8) is 0 Å². The van der Waals surface area contributed by atoms with Gasteiger partial charge >= 0.3 is 0 Å². The van der Waals surface area contributed by atoms with Crippen LogP contribution in [0.5, 0.6) is 0 Å². The highest BCUT2D eigenvalue weighted by Gasteiger charge is 2.27. The molecule has 2 amide bonds. The van der Waals surface area contributed by atoms with Crippen LogP contribution in [0.1, 0.15) is 12.8 Å². The summed E-state index contributed by atoms with van der Waals surface area (Å²) in [5, 5.41) is 10.8.